The van der Waals surface area contributed by atoms with Crippen LogP contribution >= 0.6 is 0 Å². The van der Waals surface area contributed by atoms with Gasteiger partial charge in [-0.3, -0.25) is 9.59 Å². The fourth-order valence-electron chi connectivity index (χ4n) is 2.62. The molecule has 2 N–H and O–H groups in total. The lowest BCUT2D eigenvalue weighted by atomic mass is 9.79. The Morgan fingerprint density at radius 1 is 1.25 bits per heavy atom. The van der Waals surface area contributed by atoms with Gasteiger partial charge in [0, 0.05) is 18.9 Å². The Morgan fingerprint density at radius 2 is 1.85 bits per heavy atom. The number of rotatable bonds is 2. The number of nitrogens with one attached hydrogen (secondary N) is 1. The summed E-state index contributed by atoms with van der Waals surface area (Å²) in [6, 6.07) is 7.97. The molecule has 20 heavy (non-hydrogen) atoms. The van der Waals surface area contributed by atoms with Crippen molar-refractivity contribution in [2.45, 2.75) is 38.5 Å². The predicted molar refractivity (Wildman–Crippen MR) is 76.6 cm³/mol. The molecule has 2 rings (SSSR count). The quantitative estimate of drug-likeness (QED) is 0.870. The van der Waals surface area contributed by atoms with Crippen molar-refractivity contribution in [3.63, 3.8) is 0 Å². The maximum atomic E-state index is 11.5. The first-order valence-corrected chi connectivity index (χ1v) is 6.89. The number of carboxylic acid groups (broad SMARTS) is 1. The number of carbonyl (C=O) groups is 2. The molecule has 0 radical (unpaired) electrons. The van der Waals surface area contributed by atoms with Crippen LogP contribution in [-0.4, -0.2) is 23.5 Å². The molecule has 1 heterocycles. The van der Waals surface area contributed by atoms with Crippen LogP contribution in [0.3, 0.4) is 0 Å². The highest BCUT2D eigenvalue weighted by Crippen LogP contribution is 2.32. The number of carboxylic acids is 1. The van der Waals surface area contributed by atoms with E-state index in [-0.39, 0.29) is 30.2 Å². The Bertz CT molecular complexity index is 514. The largest absolute Gasteiger partial charge is 0.481 e. The molecule has 1 aliphatic heterocycles. The summed E-state index contributed by atoms with van der Waals surface area (Å²) < 4.78 is 0. The van der Waals surface area contributed by atoms with Gasteiger partial charge in [-0.05, 0) is 16.5 Å². The first-order chi connectivity index (χ1) is 9.29. The number of piperidine rings is 1. The third kappa shape index (κ3) is 3.00. The molecule has 1 saturated heterocycles. The lowest BCUT2D eigenvalue weighted by Crippen LogP contribution is -2.43. The number of hydrogen-bond acceptors (Lipinski definition) is 2. The second kappa shape index (κ2) is 5.27. The maximum absolute atomic E-state index is 11.5. The van der Waals surface area contributed by atoms with Crippen molar-refractivity contribution in [1.82, 2.24) is 5.32 Å². The Labute approximate surface area is 119 Å². The van der Waals surface area contributed by atoms with E-state index in [9.17, 15) is 14.7 Å². The highest BCUT2D eigenvalue weighted by atomic mass is 16.4. The van der Waals surface area contributed by atoms with Crippen molar-refractivity contribution in [3.05, 3.63) is 35.4 Å². The molecule has 1 aliphatic rings. The van der Waals surface area contributed by atoms with E-state index < -0.39 is 11.9 Å². The summed E-state index contributed by atoms with van der Waals surface area (Å²) in [6.45, 7) is 6.61. The van der Waals surface area contributed by atoms with Gasteiger partial charge in [0.05, 0.1) is 5.92 Å². The summed E-state index contributed by atoms with van der Waals surface area (Å²) in [5.74, 6) is -1.72. The second-order valence-corrected chi connectivity index (χ2v) is 6.43. The molecule has 2 unspecified atom stereocenters. The van der Waals surface area contributed by atoms with E-state index >= 15 is 0 Å². The molecule has 0 aliphatic carbocycles. The highest BCUT2D eigenvalue weighted by Gasteiger charge is 2.35. The van der Waals surface area contributed by atoms with E-state index in [0.717, 1.165) is 5.56 Å². The zero-order valence-corrected chi connectivity index (χ0v) is 12.1. The van der Waals surface area contributed by atoms with Crippen molar-refractivity contribution >= 4 is 11.9 Å². The molecule has 0 bridgehead atoms. The minimum Gasteiger partial charge on any atom is -0.481 e. The molecule has 4 nitrogen and oxygen atoms in total. The number of aliphatic carboxylic acids is 1. The molecule has 0 aromatic heterocycles. The van der Waals surface area contributed by atoms with Gasteiger partial charge in [0.2, 0.25) is 5.91 Å². The molecule has 0 spiro atoms. The molecule has 4 heteroatoms. The van der Waals surface area contributed by atoms with Crippen molar-refractivity contribution in [2.24, 2.45) is 5.92 Å². The summed E-state index contributed by atoms with van der Waals surface area (Å²) >= 11 is 0. The molecular formula is C16H21NO3. The van der Waals surface area contributed by atoms with Gasteiger partial charge < -0.3 is 10.4 Å². The minimum atomic E-state index is -0.852. The van der Waals surface area contributed by atoms with Crippen LogP contribution in [0, 0.1) is 5.92 Å². The van der Waals surface area contributed by atoms with E-state index in [1.54, 1.807) is 0 Å². The molecule has 1 amide bonds. The van der Waals surface area contributed by atoms with Gasteiger partial charge in [-0.1, -0.05) is 45.0 Å². The summed E-state index contributed by atoms with van der Waals surface area (Å²) in [6.07, 6.45) is 0.242. The Morgan fingerprint density at radius 3 is 2.35 bits per heavy atom. The van der Waals surface area contributed by atoms with Crippen molar-refractivity contribution in [2.75, 3.05) is 6.54 Å². The zero-order valence-electron chi connectivity index (χ0n) is 12.1. The second-order valence-electron chi connectivity index (χ2n) is 6.43. The van der Waals surface area contributed by atoms with Gasteiger partial charge in [0.15, 0.2) is 0 Å². The van der Waals surface area contributed by atoms with Gasteiger partial charge in [-0.2, -0.15) is 0 Å². The average Bonchev–Trinajstić information content (AvgIpc) is 2.37. The molecule has 108 valence electrons. The van der Waals surface area contributed by atoms with E-state index in [4.69, 9.17) is 0 Å². The van der Waals surface area contributed by atoms with E-state index in [0.29, 0.717) is 0 Å². The number of benzene rings is 1. The van der Waals surface area contributed by atoms with Crippen LogP contribution in [0.4, 0.5) is 0 Å². The highest BCUT2D eigenvalue weighted by molar-refractivity contribution is 5.82. The van der Waals surface area contributed by atoms with Gasteiger partial charge in [0.1, 0.15) is 0 Å². The first kappa shape index (κ1) is 14.6. The standard InChI is InChI=1S/C16H21NO3/c1-16(2,3)11-6-4-10(5-7-11)12-8-14(18)17-9-13(12)15(19)20/h4-7,12-13H,8-9H2,1-3H3,(H,17,18)(H,19,20). The number of carbonyl (C=O) groups excluding carboxylic acids is 1. The van der Waals surface area contributed by atoms with Crippen LogP contribution < -0.4 is 5.32 Å². The van der Waals surface area contributed by atoms with Crippen LogP contribution in [0.25, 0.3) is 0 Å². The molecule has 1 fully saturated rings. The third-order valence-electron chi connectivity index (χ3n) is 3.93. The van der Waals surface area contributed by atoms with Gasteiger partial charge >= 0.3 is 5.97 Å². The van der Waals surface area contributed by atoms with E-state index in [1.165, 1.54) is 5.56 Å². The Hall–Kier alpha value is -1.84. The fourth-order valence-corrected chi connectivity index (χ4v) is 2.62. The lowest BCUT2D eigenvalue weighted by molar-refractivity contribution is -0.144. The molecule has 1 aromatic rings. The molecule has 0 saturated carbocycles. The lowest BCUT2D eigenvalue weighted by Gasteiger charge is -2.29. The Kier molecular flexibility index (Phi) is 3.84. The minimum absolute atomic E-state index is 0.0642. The average molecular weight is 275 g/mol. The SMILES string of the molecule is CC(C)(C)c1ccc(C2CC(=O)NCC2C(=O)O)cc1. The smallest absolute Gasteiger partial charge is 0.308 e. The number of amides is 1. The predicted octanol–water partition coefficient (Wildman–Crippen LogP) is 2.29. The van der Waals surface area contributed by atoms with Gasteiger partial charge in [-0.15, -0.1) is 0 Å². The van der Waals surface area contributed by atoms with Gasteiger partial charge in [0.25, 0.3) is 0 Å². The first-order valence-electron chi connectivity index (χ1n) is 6.89. The number of hydrogen-bond donors (Lipinski definition) is 2. The van der Waals surface area contributed by atoms with Crippen LogP contribution in [-0.2, 0) is 15.0 Å². The normalized spacial score (nSPS) is 23.2. The van der Waals surface area contributed by atoms with Gasteiger partial charge in [-0.25, -0.2) is 0 Å². The van der Waals surface area contributed by atoms with Crippen molar-refractivity contribution in [1.29, 1.82) is 0 Å². The van der Waals surface area contributed by atoms with Crippen LogP contribution in [0.1, 0.15) is 44.2 Å². The van der Waals surface area contributed by atoms with E-state index in [2.05, 4.69) is 26.1 Å². The summed E-state index contributed by atoms with van der Waals surface area (Å²) in [7, 11) is 0. The monoisotopic (exact) mass is 275 g/mol. The van der Waals surface area contributed by atoms with Crippen molar-refractivity contribution < 1.29 is 14.7 Å². The van der Waals surface area contributed by atoms with Crippen LogP contribution in [0.2, 0.25) is 0 Å². The molecule has 1 aromatic carbocycles. The summed E-state index contributed by atoms with van der Waals surface area (Å²) in [5.41, 5.74) is 2.20. The fraction of sp³-hybridized carbons (Fsp3) is 0.500. The van der Waals surface area contributed by atoms with Crippen LogP contribution in [0.15, 0.2) is 24.3 Å². The molecular weight excluding hydrogens is 254 g/mol. The van der Waals surface area contributed by atoms with Crippen molar-refractivity contribution in [3.8, 4) is 0 Å². The zero-order chi connectivity index (χ0) is 14.9. The van der Waals surface area contributed by atoms with Crippen LogP contribution in [0.5, 0.6) is 0 Å². The Balaban J connectivity index is 2.28. The molecule has 2 atom stereocenters. The third-order valence-corrected chi connectivity index (χ3v) is 3.93. The maximum Gasteiger partial charge on any atom is 0.308 e. The van der Waals surface area contributed by atoms with E-state index in [1.807, 2.05) is 24.3 Å². The summed E-state index contributed by atoms with van der Waals surface area (Å²) in [4.78, 5) is 22.9. The summed E-state index contributed by atoms with van der Waals surface area (Å²) in [5, 5.41) is 11.9. The topological polar surface area (TPSA) is 66.4 Å².